The molecule has 11 heteroatoms. The van der Waals surface area contributed by atoms with Gasteiger partial charge in [-0.1, -0.05) is 6.07 Å². The van der Waals surface area contributed by atoms with Gasteiger partial charge in [-0.15, -0.1) is 0 Å². The average Bonchev–Trinajstić information content (AvgIpc) is 2.64. The minimum Gasteiger partial charge on any atom is -0.477 e. The van der Waals surface area contributed by atoms with E-state index in [0.29, 0.717) is 36.9 Å². The first kappa shape index (κ1) is 19.8. The Labute approximate surface area is 155 Å². The summed E-state index contributed by atoms with van der Waals surface area (Å²) in [6.45, 7) is 1.60. The normalized spacial score (nSPS) is 15.5. The molecule has 0 amide bonds. The molecule has 0 radical (unpaired) electrons. The Hall–Kier alpha value is -2.92. The molecule has 0 aliphatic carbocycles. The molecule has 0 bridgehead atoms. The molecular formula is C17H16F3N3O5. The third-order valence-electron chi connectivity index (χ3n) is 4.33. The molecule has 150 valence electrons. The van der Waals surface area contributed by atoms with Crippen LogP contribution in [0.1, 0.15) is 21.6 Å². The number of nitrogens with one attached hydrogen (secondary N) is 1. The average molecular weight is 399 g/mol. The fraction of sp³-hybridized carbons (Fsp3) is 0.353. The molecule has 2 heterocycles. The Kier molecular flexibility index (Phi) is 5.38. The lowest BCUT2D eigenvalue weighted by atomic mass is 10.1. The second kappa shape index (κ2) is 7.60. The summed E-state index contributed by atoms with van der Waals surface area (Å²) in [6, 6.07) is 3.71. The fourth-order valence-corrected chi connectivity index (χ4v) is 2.94. The van der Waals surface area contributed by atoms with E-state index in [0.717, 1.165) is 12.1 Å². The molecule has 1 aliphatic rings. The van der Waals surface area contributed by atoms with Crippen molar-refractivity contribution in [2.24, 2.45) is 0 Å². The van der Waals surface area contributed by atoms with Gasteiger partial charge in [0.15, 0.2) is 0 Å². The molecule has 1 aliphatic heterocycles. The lowest BCUT2D eigenvalue weighted by Crippen LogP contribution is -2.43. The SMILES string of the molecule is O=C(O)c1[nH]c(=O)n(-c2cccc(C(F)(F)F)c2)c(=O)c1CN1CCOCC1. The number of hydrogen-bond acceptors (Lipinski definition) is 5. The minimum atomic E-state index is -4.66. The van der Waals surface area contributed by atoms with Crippen LogP contribution in [0.4, 0.5) is 13.2 Å². The van der Waals surface area contributed by atoms with E-state index in [9.17, 15) is 32.7 Å². The number of aromatic nitrogens is 2. The highest BCUT2D eigenvalue weighted by molar-refractivity contribution is 5.86. The molecule has 0 unspecified atom stereocenters. The Morgan fingerprint density at radius 3 is 2.50 bits per heavy atom. The molecule has 0 saturated carbocycles. The van der Waals surface area contributed by atoms with E-state index >= 15 is 0 Å². The molecule has 28 heavy (non-hydrogen) atoms. The quantitative estimate of drug-likeness (QED) is 0.797. The summed E-state index contributed by atoms with van der Waals surface area (Å²) in [7, 11) is 0. The Balaban J connectivity index is 2.15. The van der Waals surface area contributed by atoms with E-state index in [1.54, 1.807) is 4.90 Å². The first-order valence-corrected chi connectivity index (χ1v) is 8.27. The fourth-order valence-electron chi connectivity index (χ4n) is 2.94. The van der Waals surface area contributed by atoms with Gasteiger partial charge in [0.05, 0.1) is 30.0 Å². The van der Waals surface area contributed by atoms with E-state index in [-0.39, 0.29) is 17.8 Å². The maximum Gasteiger partial charge on any atom is 0.416 e. The molecular weight excluding hydrogens is 383 g/mol. The second-order valence-corrected chi connectivity index (χ2v) is 6.17. The van der Waals surface area contributed by atoms with Crippen LogP contribution in [0.25, 0.3) is 5.69 Å². The number of nitrogens with zero attached hydrogens (tertiary/aromatic N) is 2. The van der Waals surface area contributed by atoms with Gasteiger partial charge in [0.2, 0.25) is 0 Å². The summed E-state index contributed by atoms with van der Waals surface area (Å²) in [5.41, 5.74) is -4.25. The first-order chi connectivity index (χ1) is 13.2. The summed E-state index contributed by atoms with van der Waals surface area (Å²) in [5.74, 6) is -1.51. The molecule has 8 nitrogen and oxygen atoms in total. The van der Waals surface area contributed by atoms with Crippen LogP contribution in [0, 0.1) is 0 Å². The maximum absolute atomic E-state index is 13.0. The van der Waals surface area contributed by atoms with E-state index < -0.39 is 34.7 Å². The number of rotatable bonds is 4. The van der Waals surface area contributed by atoms with Crippen molar-refractivity contribution >= 4 is 5.97 Å². The third kappa shape index (κ3) is 3.99. The van der Waals surface area contributed by atoms with Crippen molar-refractivity contribution in [2.75, 3.05) is 26.3 Å². The van der Waals surface area contributed by atoms with Crippen molar-refractivity contribution in [3.8, 4) is 5.69 Å². The van der Waals surface area contributed by atoms with Crippen LogP contribution in [-0.4, -0.2) is 51.8 Å². The van der Waals surface area contributed by atoms with Crippen molar-refractivity contribution in [1.82, 2.24) is 14.5 Å². The molecule has 2 N–H and O–H groups in total. The van der Waals surface area contributed by atoms with Crippen LogP contribution < -0.4 is 11.2 Å². The third-order valence-corrected chi connectivity index (χ3v) is 4.33. The number of benzene rings is 1. The minimum absolute atomic E-state index is 0.0838. The van der Waals surface area contributed by atoms with Crippen molar-refractivity contribution in [1.29, 1.82) is 0 Å². The summed E-state index contributed by atoms with van der Waals surface area (Å²) in [5, 5.41) is 9.35. The molecule has 0 spiro atoms. The number of aromatic carboxylic acids is 1. The summed E-state index contributed by atoms with van der Waals surface area (Å²) in [4.78, 5) is 40.5. The van der Waals surface area contributed by atoms with Gasteiger partial charge in [-0.2, -0.15) is 13.2 Å². The largest absolute Gasteiger partial charge is 0.477 e. The van der Waals surface area contributed by atoms with E-state index in [1.165, 1.54) is 6.07 Å². The highest BCUT2D eigenvalue weighted by Crippen LogP contribution is 2.29. The van der Waals surface area contributed by atoms with Gasteiger partial charge in [0.25, 0.3) is 5.56 Å². The number of carbonyl (C=O) groups is 1. The number of ether oxygens (including phenoxy) is 1. The zero-order valence-electron chi connectivity index (χ0n) is 14.5. The number of H-pyrrole nitrogens is 1. The Morgan fingerprint density at radius 2 is 1.89 bits per heavy atom. The van der Waals surface area contributed by atoms with Crippen molar-refractivity contribution < 1.29 is 27.8 Å². The number of alkyl halides is 3. The van der Waals surface area contributed by atoms with Gasteiger partial charge in [0.1, 0.15) is 5.69 Å². The highest BCUT2D eigenvalue weighted by Gasteiger charge is 2.31. The van der Waals surface area contributed by atoms with Gasteiger partial charge in [-0.25, -0.2) is 14.2 Å². The molecule has 1 fully saturated rings. The summed E-state index contributed by atoms with van der Waals surface area (Å²) >= 11 is 0. The zero-order valence-corrected chi connectivity index (χ0v) is 14.5. The van der Waals surface area contributed by atoms with Gasteiger partial charge in [0, 0.05) is 19.6 Å². The first-order valence-electron chi connectivity index (χ1n) is 8.27. The van der Waals surface area contributed by atoms with E-state index in [1.807, 2.05) is 0 Å². The lowest BCUT2D eigenvalue weighted by Gasteiger charge is -2.26. The molecule has 3 rings (SSSR count). The number of carboxylic acids is 1. The molecule has 1 aromatic heterocycles. The predicted molar refractivity (Wildman–Crippen MR) is 90.7 cm³/mol. The lowest BCUT2D eigenvalue weighted by molar-refractivity contribution is -0.137. The predicted octanol–water partition coefficient (Wildman–Crippen LogP) is 1.07. The van der Waals surface area contributed by atoms with Crippen LogP contribution in [0.5, 0.6) is 0 Å². The maximum atomic E-state index is 13.0. The van der Waals surface area contributed by atoms with Crippen LogP contribution >= 0.6 is 0 Å². The summed E-state index contributed by atoms with van der Waals surface area (Å²) in [6.07, 6.45) is -4.66. The monoisotopic (exact) mass is 399 g/mol. The van der Waals surface area contributed by atoms with Crippen LogP contribution in [0.15, 0.2) is 33.9 Å². The molecule has 1 saturated heterocycles. The molecule has 1 aromatic carbocycles. The smallest absolute Gasteiger partial charge is 0.416 e. The Bertz CT molecular complexity index is 1010. The second-order valence-electron chi connectivity index (χ2n) is 6.17. The molecule has 0 atom stereocenters. The van der Waals surface area contributed by atoms with Crippen LogP contribution in [0.2, 0.25) is 0 Å². The van der Waals surface area contributed by atoms with Crippen molar-refractivity contribution in [3.63, 3.8) is 0 Å². The van der Waals surface area contributed by atoms with E-state index in [2.05, 4.69) is 4.98 Å². The van der Waals surface area contributed by atoms with Crippen LogP contribution in [-0.2, 0) is 17.5 Å². The zero-order chi connectivity index (χ0) is 20.5. The number of hydrogen-bond donors (Lipinski definition) is 2. The van der Waals surface area contributed by atoms with Crippen LogP contribution in [0.3, 0.4) is 0 Å². The highest BCUT2D eigenvalue weighted by atomic mass is 19.4. The number of carboxylic acid groups (broad SMARTS) is 1. The number of aromatic amines is 1. The van der Waals surface area contributed by atoms with Crippen molar-refractivity contribution in [3.05, 3.63) is 61.9 Å². The van der Waals surface area contributed by atoms with Gasteiger partial charge in [-0.3, -0.25) is 9.69 Å². The van der Waals surface area contributed by atoms with Gasteiger partial charge >= 0.3 is 17.8 Å². The topological polar surface area (TPSA) is 105 Å². The number of halogens is 3. The standard InChI is InChI=1S/C17H16F3N3O5/c18-17(19,20)10-2-1-3-11(8-10)23-14(24)12(9-22-4-6-28-7-5-22)13(15(25)26)21-16(23)27/h1-3,8H,4-7,9H2,(H,21,27)(H,25,26). The Morgan fingerprint density at radius 1 is 1.21 bits per heavy atom. The molecule has 2 aromatic rings. The van der Waals surface area contributed by atoms with Gasteiger partial charge < -0.3 is 14.8 Å². The number of morpholine rings is 1. The van der Waals surface area contributed by atoms with Gasteiger partial charge in [-0.05, 0) is 18.2 Å². The van der Waals surface area contributed by atoms with E-state index in [4.69, 9.17) is 4.74 Å². The summed E-state index contributed by atoms with van der Waals surface area (Å²) < 4.78 is 44.6. The van der Waals surface area contributed by atoms with Crippen molar-refractivity contribution in [2.45, 2.75) is 12.7 Å².